The van der Waals surface area contributed by atoms with Gasteiger partial charge >= 0.3 is 0 Å². The maximum atomic E-state index is 13.1. The molecule has 1 atom stereocenters. The number of nitrogens with two attached hydrogens (primary N) is 1. The lowest BCUT2D eigenvalue weighted by Crippen LogP contribution is -2.38. The van der Waals surface area contributed by atoms with Crippen molar-refractivity contribution in [2.75, 3.05) is 16.0 Å². The van der Waals surface area contributed by atoms with Crippen LogP contribution in [0.1, 0.15) is 35.6 Å². The number of carbonyl (C=O) groups is 2. The van der Waals surface area contributed by atoms with Crippen molar-refractivity contribution in [3.8, 4) is 12.1 Å². The van der Waals surface area contributed by atoms with Gasteiger partial charge in [-0.1, -0.05) is 29.2 Å². The standard InChI is InChI=1S/C25H19N7O2S3/c26-11-14-6-8-15(9-7-14)29-20(34)13-36-25-31-30-24(37-25)32-17-3-1-4-18(33)22(17)21(16(12-27)23(32)28)19-5-2-10-35-19/h2,5-10,21H,1,3-4,13,28H2,(H,29,34). The van der Waals surface area contributed by atoms with Crippen LogP contribution in [0.4, 0.5) is 10.8 Å². The van der Waals surface area contributed by atoms with Crippen LogP contribution in [0.2, 0.25) is 0 Å². The molecule has 0 fully saturated rings. The molecule has 0 spiro atoms. The number of nitrogens with one attached hydrogen (secondary N) is 1. The Morgan fingerprint density at radius 2 is 2.00 bits per heavy atom. The summed E-state index contributed by atoms with van der Waals surface area (Å²) < 4.78 is 0.556. The van der Waals surface area contributed by atoms with E-state index < -0.39 is 5.92 Å². The average molecular weight is 546 g/mol. The molecular weight excluding hydrogens is 527 g/mol. The van der Waals surface area contributed by atoms with Crippen molar-refractivity contribution in [3.63, 3.8) is 0 Å². The molecule has 1 aromatic carbocycles. The summed E-state index contributed by atoms with van der Waals surface area (Å²) in [7, 11) is 0. The fourth-order valence-electron chi connectivity index (χ4n) is 4.35. The molecule has 0 radical (unpaired) electrons. The zero-order valence-electron chi connectivity index (χ0n) is 19.3. The van der Waals surface area contributed by atoms with E-state index in [9.17, 15) is 14.9 Å². The summed E-state index contributed by atoms with van der Waals surface area (Å²) >= 11 is 3.97. The van der Waals surface area contributed by atoms with Crippen molar-refractivity contribution in [2.24, 2.45) is 5.73 Å². The Kier molecular flexibility index (Phi) is 7.06. The molecule has 2 aromatic heterocycles. The number of anilines is 2. The number of thiophene rings is 1. The topological polar surface area (TPSA) is 149 Å². The number of ketones is 1. The number of nitriles is 2. The fourth-order valence-corrected chi connectivity index (χ4v) is 6.87. The zero-order valence-corrected chi connectivity index (χ0v) is 21.8. The Morgan fingerprint density at radius 1 is 1.19 bits per heavy atom. The number of thioether (sulfide) groups is 1. The summed E-state index contributed by atoms with van der Waals surface area (Å²) in [6.07, 6.45) is 1.76. The smallest absolute Gasteiger partial charge is 0.234 e. The lowest BCUT2D eigenvalue weighted by Gasteiger charge is -2.37. The quantitative estimate of drug-likeness (QED) is 0.427. The van der Waals surface area contributed by atoms with Gasteiger partial charge in [-0.15, -0.1) is 21.5 Å². The largest absolute Gasteiger partial charge is 0.384 e. The number of nitrogens with zero attached hydrogens (tertiary/aromatic N) is 5. The van der Waals surface area contributed by atoms with Gasteiger partial charge in [-0.3, -0.25) is 14.5 Å². The van der Waals surface area contributed by atoms with Crippen molar-refractivity contribution < 1.29 is 9.59 Å². The van der Waals surface area contributed by atoms with E-state index in [1.165, 1.54) is 34.4 Å². The van der Waals surface area contributed by atoms with Crippen LogP contribution in [0.15, 0.2) is 68.8 Å². The minimum Gasteiger partial charge on any atom is -0.384 e. The third kappa shape index (κ3) is 4.87. The average Bonchev–Trinajstić information content (AvgIpc) is 3.60. The molecule has 1 amide bonds. The second-order valence-electron chi connectivity index (χ2n) is 8.21. The number of carbonyl (C=O) groups excluding carboxylic acids is 2. The molecule has 1 aliphatic heterocycles. The highest BCUT2D eigenvalue weighted by atomic mass is 32.2. The van der Waals surface area contributed by atoms with E-state index in [0.29, 0.717) is 51.1 Å². The highest BCUT2D eigenvalue weighted by molar-refractivity contribution is 8.01. The molecule has 2 aliphatic rings. The molecule has 0 saturated carbocycles. The Morgan fingerprint density at radius 3 is 2.70 bits per heavy atom. The highest BCUT2D eigenvalue weighted by Crippen LogP contribution is 2.47. The van der Waals surface area contributed by atoms with Crippen LogP contribution < -0.4 is 16.0 Å². The van der Waals surface area contributed by atoms with Crippen molar-refractivity contribution in [1.82, 2.24) is 10.2 Å². The summed E-state index contributed by atoms with van der Waals surface area (Å²) in [5.41, 5.74) is 9.34. The van der Waals surface area contributed by atoms with Gasteiger partial charge < -0.3 is 11.1 Å². The molecule has 12 heteroatoms. The number of aromatic nitrogens is 2. The molecule has 3 aromatic rings. The molecule has 9 nitrogen and oxygen atoms in total. The number of hydrogen-bond acceptors (Lipinski definition) is 11. The number of rotatable bonds is 6. The maximum absolute atomic E-state index is 13.1. The van der Waals surface area contributed by atoms with Gasteiger partial charge in [0.15, 0.2) is 10.1 Å². The second kappa shape index (κ2) is 10.6. The predicted molar refractivity (Wildman–Crippen MR) is 143 cm³/mol. The Balaban J connectivity index is 1.37. The summed E-state index contributed by atoms with van der Waals surface area (Å²) in [5.74, 6) is -0.325. The molecule has 0 bridgehead atoms. The molecule has 184 valence electrons. The van der Waals surface area contributed by atoms with E-state index in [4.69, 9.17) is 11.0 Å². The first-order valence-electron chi connectivity index (χ1n) is 11.3. The van der Waals surface area contributed by atoms with Gasteiger partial charge in [0.2, 0.25) is 11.0 Å². The molecule has 1 unspecified atom stereocenters. The predicted octanol–water partition coefficient (Wildman–Crippen LogP) is 4.51. The Bertz CT molecular complexity index is 1510. The van der Waals surface area contributed by atoms with E-state index in [1.54, 1.807) is 29.2 Å². The molecule has 5 rings (SSSR count). The van der Waals surface area contributed by atoms with Crippen molar-refractivity contribution >= 4 is 56.9 Å². The SMILES string of the molecule is N#CC1=C(N)N(c2nnc(SCC(=O)Nc3ccc(C#N)cc3)s2)C2=C(C(=O)CCC2)C1c1cccs1. The minimum absolute atomic E-state index is 0.0171. The van der Waals surface area contributed by atoms with Crippen LogP contribution in [0.5, 0.6) is 0 Å². The van der Waals surface area contributed by atoms with Gasteiger partial charge in [0, 0.05) is 28.3 Å². The third-order valence-corrected chi connectivity index (χ3v) is 8.93. The van der Waals surface area contributed by atoms with E-state index in [-0.39, 0.29) is 23.3 Å². The van der Waals surface area contributed by atoms with E-state index >= 15 is 0 Å². The first kappa shape index (κ1) is 24.7. The maximum Gasteiger partial charge on any atom is 0.234 e. The Labute approximate surface area is 224 Å². The van der Waals surface area contributed by atoms with E-state index in [1.807, 2.05) is 23.6 Å². The molecular formula is C25H19N7O2S3. The van der Waals surface area contributed by atoms with Gasteiger partial charge in [-0.05, 0) is 48.6 Å². The van der Waals surface area contributed by atoms with Crippen LogP contribution in [0, 0.1) is 22.7 Å². The monoisotopic (exact) mass is 545 g/mol. The second-order valence-corrected chi connectivity index (χ2v) is 11.4. The van der Waals surface area contributed by atoms with Crippen LogP contribution >= 0.6 is 34.4 Å². The first-order valence-corrected chi connectivity index (χ1v) is 13.9. The van der Waals surface area contributed by atoms with Crippen molar-refractivity contribution in [3.05, 3.63) is 74.9 Å². The third-order valence-electron chi connectivity index (χ3n) is 5.95. The van der Waals surface area contributed by atoms with Crippen LogP contribution in [0.25, 0.3) is 0 Å². The molecule has 3 heterocycles. The van der Waals surface area contributed by atoms with Gasteiger partial charge in [-0.25, -0.2) is 0 Å². The van der Waals surface area contributed by atoms with Crippen LogP contribution in [-0.4, -0.2) is 27.6 Å². The molecule has 37 heavy (non-hydrogen) atoms. The summed E-state index contributed by atoms with van der Waals surface area (Å²) in [4.78, 5) is 28.1. The molecule has 0 saturated heterocycles. The van der Waals surface area contributed by atoms with Crippen LogP contribution in [-0.2, 0) is 9.59 Å². The van der Waals surface area contributed by atoms with Gasteiger partial charge in [0.05, 0.1) is 34.9 Å². The number of amides is 1. The summed E-state index contributed by atoms with van der Waals surface area (Å²) in [5, 5.41) is 32.6. The van der Waals surface area contributed by atoms with Gasteiger partial charge in [0.25, 0.3) is 0 Å². The van der Waals surface area contributed by atoms with Crippen molar-refractivity contribution in [1.29, 1.82) is 10.5 Å². The number of allylic oxidation sites excluding steroid dienone is 3. The number of Topliss-reactive ketones (excluding diaryl/α,β-unsaturated/α-hetero) is 1. The lowest BCUT2D eigenvalue weighted by molar-refractivity contribution is -0.116. The molecule has 3 N–H and O–H groups in total. The van der Waals surface area contributed by atoms with E-state index in [0.717, 1.165) is 10.6 Å². The summed E-state index contributed by atoms with van der Waals surface area (Å²) in [6.45, 7) is 0. The Hall–Kier alpha value is -3.97. The summed E-state index contributed by atoms with van der Waals surface area (Å²) in [6, 6.07) is 14.7. The minimum atomic E-state index is -0.475. The lowest BCUT2D eigenvalue weighted by atomic mass is 9.78. The highest BCUT2D eigenvalue weighted by Gasteiger charge is 2.41. The van der Waals surface area contributed by atoms with Gasteiger partial charge in [-0.2, -0.15) is 10.5 Å². The fraction of sp³-hybridized carbons (Fsp3) is 0.200. The number of hydrogen-bond donors (Lipinski definition) is 2. The zero-order chi connectivity index (χ0) is 25.9. The normalized spacial score (nSPS) is 17.3. The van der Waals surface area contributed by atoms with E-state index in [2.05, 4.69) is 21.6 Å². The van der Waals surface area contributed by atoms with Gasteiger partial charge in [0.1, 0.15) is 5.82 Å². The molecule has 1 aliphatic carbocycles. The number of benzene rings is 1. The van der Waals surface area contributed by atoms with Crippen molar-refractivity contribution in [2.45, 2.75) is 29.5 Å². The van der Waals surface area contributed by atoms with Crippen LogP contribution in [0.3, 0.4) is 0 Å². The first-order chi connectivity index (χ1) is 18.0.